The molecule has 0 unspecified atom stereocenters. The van der Waals surface area contributed by atoms with Crippen molar-refractivity contribution < 1.29 is 4.79 Å². The highest BCUT2D eigenvalue weighted by Crippen LogP contribution is 2.20. The molecule has 0 fully saturated rings. The predicted molar refractivity (Wildman–Crippen MR) is 43.3 cm³/mol. The second kappa shape index (κ2) is 2.44. The number of carbonyl (C=O) groups excluding carboxylic acids is 1. The fourth-order valence-electron chi connectivity index (χ4n) is 1.26. The van der Waals surface area contributed by atoms with Gasteiger partial charge in [0.25, 0.3) is 0 Å². The Balaban J connectivity index is 2.45. The van der Waals surface area contributed by atoms with Gasteiger partial charge in [-0.15, -0.1) is 0 Å². The summed E-state index contributed by atoms with van der Waals surface area (Å²) in [6, 6.07) is 0. The third kappa shape index (κ3) is 1.11. The first kappa shape index (κ1) is 7.03. The standard InChI is InChI=1S/C7H7BrN2O/c8-6-4-9-10-2-1-5(11)3-7(6)10/h4H,1-3H2. The highest BCUT2D eigenvalue weighted by Gasteiger charge is 2.18. The molecule has 2 rings (SSSR count). The van der Waals surface area contributed by atoms with Gasteiger partial charge in [0.1, 0.15) is 5.78 Å². The molecule has 0 saturated carbocycles. The molecule has 11 heavy (non-hydrogen) atoms. The Kier molecular flexibility index (Phi) is 1.56. The number of rotatable bonds is 0. The topological polar surface area (TPSA) is 34.9 Å². The van der Waals surface area contributed by atoms with Crippen LogP contribution >= 0.6 is 15.9 Å². The van der Waals surface area contributed by atoms with Crippen LogP contribution in [-0.2, 0) is 17.8 Å². The van der Waals surface area contributed by atoms with Crippen molar-refractivity contribution in [2.24, 2.45) is 0 Å². The van der Waals surface area contributed by atoms with Crippen molar-refractivity contribution in [3.05, 3.63) is 16.4 Å². The Labute approximate surface area is 72.5 Å². The van der Waals surface area contributed by atoms with E-state index in [0.29, 0.717) is 18.6 Å². The largest absolute Gasteiger partial charge is 0.299 e. The Morgan fingerprint density at radius 3 is 3.27 bits per heavy atom. The monoisotopic (exact) mass is 214 g/mol. The summed E-state index contributed by atoms with van der Waals surface area (Å²) < 4.78 is 2.83. The summed E-state index contributed by atoms with van der Waals surface area (Å²) in [7, 11) is 0. The van der Waals surface area contributed by atoms with Gasteiger partial charge in [-0.05, 0) is 15.9 Å². The van der Waals surface area contributed by atoms with Crippen molar-refractivity contribution in [2.45, 2.75) is 19.4 Å². The molecule has 0 amide bonds. The van der Waals surface area contributed by atoms with Gasteiger partial charge < -0.3 is 0 Å². The summed E-state index contributed by atoms with van der Waals surface area (Å²) in [5.41, 5.74) is 1.02. The first-order valence-electron chi connectivity index (χ1n) is 3.49. The van der Waals surface area contributed by atoms with Crippen molar-refractivity contribution in [3.8, 4) is 0 Å². The zero-order valence-electron chi connectivity index (χ0n) is 5.88. The minimum Gasteiger partial charge on any atom is -0.299 e. The molecule has 0 spiro atoms. The third-order valence-corrected chi connectivity index (χ3v) is 2.53. The maximum Gasteiger partial charge on any atom is 0.140 e. The molecule has 0 aliphatic carbocycles. The Morgan fingerprint density at radius 1 is 1.64 bits per heavy atom. The molecule has 0 bridgehead atoms. The lowest BCUT2D eigenvalue weighted by molar-refractivity contribution is -0.119. The van der Waals surface area contributed by atoms with E-state index in [2.05, 4.69) is 21.0 Å². The van der Waals surface area contributed by atoms with Gasteiger partial charge in [-0.2, -0.15) is 5.10 Å². The average molecular weight is 215 g/mol. The van der Waals surface area contributed by atoms with E-state index >= 15 is 0 Å². The van der Waals surface area contributed by atoms with Crippen molar-refractivity contribution in [1.29, 1.82) is 0 Å². The lowest BCUT2D eigenvalue weighted by Crippen LogP contribution is -2.19. The number of fused-ring (bicyclic) bond motifs is 1. The molecule has 4 heteroatoms. The number of hydrogen-bond acceptors (Lipinski definition) is 2. The summed E-state index contributed by atoms with van der Waals surface area (Å²) in [4.78, 5) is 11.0. The Morgan fingerprint density at radius 2 is 2.45 bits per heavy atom. The van der Waals surface area contributed by atoms with E-state index in [0.717, 1.165) is 16.7 Å². The molecule has 3 nitrogen and oxygen atoms in total. The van der Waals surface area contributed by atoms with Gasteiger partial charge in [-0.1, -0.05) is 0 Å². The summed E-state index contributed by atoms with van der Waals surface area (Å²) in [5.74, 6) is 0.304. The number of ketones is 1. The van der Waals surface area contributed by atoms with E-state index in [4.69, 9.17) is 0 Å². The smallest absolute Gasteiger partial charge is 0.140 e. The number of halogens is 1. The van der Waals surface area contributed by atoms with Crippen LogP contribution in [0.5, 0.6) is 0 Å². The van der Waals surface area contributed by atoms with Crippen LogP contribution in [0.1, 0.15) is 12.1 Å². The van der Waals surface area contributed by atoms with E-state index < -0.39 is 0 Å². The predicted octanol–water partition coefficient (Wildman–Crippen LogP) is 1.16. The zero-order valence-corrected chi connectivity index (χ0v) is 7.47. The quantitative estimate of drug-likeness (QED) is 0.650. The van der Waals surface area contributed by atoms with Gasteiger partial charge in [0.05, 0.1) is 16.4 Å². The molecule has 1 aromatic rings. The summed E-state index contributed by atoms with van der Waals surface area (Å²) in [6.45, 7) is 0.736. The number of nitrogens with zero attached hydrogens (tertiary/aromatic N) is 2. The minimum absolute atomic E-state index is 0.304. The highest BCUT2D eigenvalue weighted by atomic mass is 79.9. The van der Waals surface area contributed by atoms with Gasteiger partial charge in [0.15, 0.2) is 0 Å². The minimum atomic E-state index is 0.304. The van der Waals surface area contributed by atoms with Crippen LogP contribution in [0.25, 0.3) is 0 Å². The van der Waals surface area contributed by atoms with Crippen LogP contribution in [0.15, 0.2) is 10.7 Å². The molecule has 0 radical (unpaired) electrons. The molecule has 0 aromatic carbocycles. The number of aryl methyl sites for hydroxylation is 1. The Hall–Kier alpha value is -0.640. The van der Waals surface area contributed by atoms with E-state index in [-0.39, 0.29) is 0 Å². The van der Waals surface area contributed by atoms with Gasteiger partial charge in [-0.25, -0.2) is 0 Å². The van der Waals surface area contributed by atoms with E-state index in [1.165, 1.54) is 0 Å². The maximum atomic E-state index is 11.0. The molecule has 0 atom stereocenters. The zero-order chi connectivity index (χ0) is 7.84. The van der Waals surface area contributed by atoms with Crippen molar-refractivity contribution in [2.75, 3.05) is 0 Å². The maximum absolute atomic E-state index is 11.0. The molecular formula is C7H7BrN2O. The summed E-state index contributed by atoms with van der Waals surface area (Å²) in [6.07, 6.45) is 2.90. The van der Waals surface area contributed by atoms with Crippen molar-refractivity contribution >= 4 is 21.7 Å². The molecular weight excluding hydrogens is 208 g/mol. The molecule has 58 valence electrons. The summed E-state index contributed by atoms with van der Waals surface area (Å²) in [5, 5.41) is 4.11. The van der Waals surface area contributed by atoms with Crippen molar-refractivity contribution in [1.82, 2.24) is 9.78 Å². The SMILES string of the molecule is O=C1CCn2ncc(Br)c2C1. The van der Waals surface area contributed by atoms with E-state index in [1.807, 2.05) is 4.68 Å². The third-order valence-electron chi connectivity index (χ3n) is 1.86. The van der Waals surface area contributed by atoms with Crippen LogP contribution in [0.3, 0.4) is 0 Å². The summed E-state index contributed by atoms with van der Waals surface area (Å²) >= 11 is 3.34. The van der Waals surface area contributed by atoms with Gasteiger partial charge in [0, 0.05) is 19.4 Å². The molecule has 0 N–H and O–H groups in total. The first-order valence-corrected chi connectivity index (χ1v) is 4.28. The van der Waals surface area contributed by atoms with Crippen LogP contribution in [0.2, 0.25) is 0 Å². The van der Waals surface area contributed by atoms with E-state index in [1.54, 1.807) is 6.20 Å². The second-order valence-electron chi connectivity index (χ2n) is 2.63. The lowest BCUT2D eigenvalue weighted by atomic mass is 10.1. The van der Waals surface area contributed by atoms with Crippen molar-refractivity contribution in [3.63, 3.8) is 0 Å². The van der Waals surface area contributed by atoms with Crippen LogP contribution in [-0.4, -0.2) is 15.6 Å². The van der Waals surface area contributed by atoms with E-state index in [9.17, 15) is 4.79 Å². The average Bonchev–Trinajstić information content (AvgIpc) is 2.33. The second-order valence-corrected chi connectivity index (χ2v) is 3.48. The molecule has 1 aliphatic rings. The molecule has 1 aromatic heterocycles. The van der Waals surface area contributed by atoms with Crippen LogP contribution in [0, 0.1) is 0 Å². The highest BCUT2D eigenvalue weighted by molar-refractivity contribution is 9.10. The molecule has 0 saturated heterocycles. The fourth-order valence-corrected chi connectivity index (χ4v) is 1.70. The number of carbonyl (C=O) groups is 1. The number of aromatic nitrogens is 2. The van der Waals surface area contributed by atoms with Crippen LogP contribution < -0.4 is 0 Å². The fraction of sp³-hybridized carbons (Fsp3) is 0.429. The van der Waals surface area contributed by atoms with Gasteiger partial charge in [0.2, 0.25) is 0 Å². The molecule has 1 aliphatic heterocycles. The number of Topliss-reactive ketones (excluding diaryl/α,β-unsaturated/α-hetero) is 1. The first-order chi connectivity index (χ1) is 5.27. The van der Waals surface area contributed by atoms with Gasteiger partial charge in [-0.3, -0.25) is 9.48 Å². The van der Waals surface area contributed by atoms with Gasteiger partial charge >= 0.3 is 0 Å². The lowest BCUT2D eigenvalue weighted by Gasteiger charge is -2.12. The number of hydrogen-bond donors (Lipinski definition) is 0. The Bertz CT molecular complexity index is 305. The molecule has 2 heterocycles. The normalized spacial score (nSPS) is 16.6. The van der Waals surface area contributed by atoms with Crippen LogP contribution in [0.4, 0.5) is 0 Å².